The number of fused-ring (bicyclic) bond motifs is 1. The summed E-state index contributed by atoms with van der Waals surface area (Å²) in [6.07, 6.45) is 1.05. The van der Waals surface area contributed by atoms with Gasteiger partial charge in [0.15, 0.2) is 0 Å². The normalized spacial score (nSPS) is 18.3. The zero-order chi connectivity index (χ0) is 17.8. The molecule has 2 heterocycles. The molecule has 2 aromatic carbocycles. The fourth-order valence-corrected chi connectivity index (χ4v) is 4.66. The summed E-state index contributed by atoms with van der Waals surface area (Å²) < 4.78 is 0. The number of hydrogen-bond acceptors (Lipinski definition) is 4. The van der Waals surface area contributed by atoms with Crippen LogP contribution in [0.3, 0.4) is 0 Å². The van der Waals surface area contributed by atoms with Gasteiger partial charge in [-0.15, -0.1) is 11.8 Å². The Morgan fingerprint density at radius 2 is 1.62 bits per heavy atom. The molecule has 0 radical (unpaired) electrons. The average molecular weight is 368 g/mol. The molecule has 4 rings (SSSR count). The Labute approximate surface area is 159 Å². The predicted molar refractivity (Wildman–Crippen MR) is 109 cm³/mol. The van der Waals surface area contributed by atoms with E-state index in [-0.39, 0.29) is 5.91 Å². The Morgan fingerprint density at radius 3 is 2.42 bits per heavy atom. The van der Waals surface area contributed by atoms with Gasteiger partial charge in [0.2, 0.25) is 5.91 Å². The molecule has 5 heteroatoms. The summed E-state index contributed by atoms with van der Waals surface area (Å²) in [7, 11) is 0. The van der Waals surface area contributed by atoms with Crippen molar-refractivity contribution >= 4 is 29.0 Å². The molecule has 1 amide bonds. The first kappa shape index (κ1) is 17.4. The Kier molecular flexibility index (Phi) is 5.46. The van der Waals surface area contributed by atoms with E-state index in [9.17, 15) is 4.79 Å². The Balaban J connectivity index is 1.37. The number of hydrogen-bond donors (Lipinski definition) is 0. The molecule has 4 nitrogen and oxygen atoms in total. The van der Waals surface area contributed by atoms with Gasteiger partial charge in [0.25, 0.3) is 0 Å². The van der Waals surface area contributed by atoms with Gasteiger partial charge < -0.3 is 9.80 Å². The third-order valence-electron chi connectivity index (χ3n) is 5.09. The van der Waals surface area contributed by atoms with E-state index in [1.54, 1.807) is 0 Å². The maximum atomic E-state index is 13.0. The van der Waals surface area contributed by atoms with Crippen molar-refractivity contribution in [3.8, 4) is 0 Å². The molecule has 26 heavy (non-hydrogen) atoms. The Bertz CT molecular complexity index is 744. The molecule has 2 aliphatic rings. The lowest BCUT2D eigenvalue weighted by atomic mass is 10.2. The number of carbonyl (C=O) groups excluding carboxylic acids is 1. The number of amides is 1. The standard InChI is InChI=1S/C21H25N3OS/c25-21(24-11-6-16-26-20-10-5-4-9-19(20)24)17-22-12-14-23(15-13-22)18-7-2-1-3-8-18/h1-5,7-10H,6,11-17H2. The Hall–Kier alpha value is -1.98. The van der Waals surface area contributed by atoms with Crippen LogP contribution in [0.5, 0.6) is 0 Å². The minimum Gasteiger partial charge on any atom is -0.369 e. The minimum absolute atomic E-state index is 0.230. The van der Waals surface area contributed by atoms with Crippen molar-refractivity contribution in [2.24, 2.45) is 0 Å². The minimum atomic E-state index is 0.230. The predicted octanol–water partition coefficient (Wildman–Crippen LogP) is 3.34. The fourth-order valence-electron chi connectivity index (χ4n) is 3.67. The van der Waals surface area contributed by atoms with Crippen molar-refractivity contribution in [1.82, 2.24) is 4.90 Å². The van der Waals surface area contributed by atoms with Crippen LogP contribution in [0.2, 0.25) is 0 Å². The zero-order valence-electron chi connectivity index (χ0n) is 15.0. The van der Waals surface area contributed by atoms with E-state index >= 15 is 0 Å². The first-order valence-corrected chi connectivity index (χ1v) is 10.3. The molecule has 0 bridgehead atoms. The van der Waals surface area contributed by atoms with E-state index in [0.29, 0.717) is 6.54 Å². The van der Waals surface area contributed by atoms with Crippen molar-refractivity contribution in [2.45, 2.75) is 11.3 Å². The summed E-state index contributed by atoms with van der Waals surface area (Å²) in [6.45, 7) is 5.16. The summed E-state index contributed by atoms with van der Waals surface area (Å²) >= 11 is 1.86. The third-order valence-corrected chi connectivity index (χ3v) is 6.24. The summed E-state index contributed by atoms with van der Waals surface area (Å²) in [5.41, 5.74) is 2.36. The lowest BCUT2D eigenvalue weighted by molar-refractivity contribution is -0.119. The summed E-state index contributed by atoms with van der Waals surface area (Å²) in [6, 6.07) is 18.8. The summed E-state index contributed by atoms with van der Waals surface area (Å²) in [4.78, 5) is 20.9. The lowest BCUT2D eigenvalue weighted by Gasteiger charge is -2.36. The fraction of sp³-hybridized carbons (Fsp3) is 0.381. The molecule has 0 saturated carbocycles. The average Bonchev–Trinajstić information content (AvgIpc) is 2.92. The maximum absolute atomic E-state index is 13.0. The number of nitrogens with zero attached hydrogens (tertiary/aromatic N) is 3. The third kappa shape index (κ3) is 3.89. The monoisotopic (exact) mass is 367 g/mol. The topological polar surface area (TPSA) is 26.8 Å². The SMILES string of the molecule is O=C(CN1CCN(c2ccccc2)CC1)N1CCCSc2ccccc21. The highest BCUT2D eigenvalue weighted by atomic mass is 32.2. The van der Waals surface area contributed by atoms with E-state index < -0.39 is 0 Å². The van der Waals surface area contributed by atoms with Crippen molar-refractivity contribution in [3.05, 3.63) is 54.6 Å². The second kappa shape index (κ2) is 8.14. The van der Waals surface area contributed by atoms with Gasteiger partial charge in [-0.2, -0.15) is 0 Å². The van der Waals surface area contributed by atoms with Gasteiger partial charge in [-0.05, 0) is 36.4 Å². The van der Waals surface area contributed by atoms with E-state index in [4.69, 9.17) is 0 Å². The van der Waals surface area contributed by atoms with E-state index in [0.717, 1.165) is 50.6 Å². The van der Waals surface area contributed by atoms with Crippen LogP contribution in [0.1, 0.15) is 6.42 Å². The molecular weight excluding hydrogens is 342 g/mol. The lowest BCUT2D eigenvalue weighted by Crippen LogP contribution is -2.50. The van der Waals surface area contributed by atoms with E-state index in [2.05, 4.69) is 58.3 Å². The number of piperazine rings is 1. The number of para-hydroxylation sites is 2. The van der Waals surface area contributed by atoms with Crippen LogP contribution in [0.15, 0.2) is 59.5 Å². The van der Waals surface area contributed by atoms with Crippen molar-refractivity contribution in [3.63, 3.8) is 0 Å². The molecule has 0 unspecified atom stereocenters. The second-order valence-corrected chi connectivity index (χ2v) is 7.95. The van der Waals surface area contributed by atoms with Gasteiger partial charge in [-0.25, -0.2) is 0 Å². The van der Waals surface area contributed by atoms with E-state index in [1.165, 1.54) is 10.6 Å². The first-order valence-electron chi connectivity index (χ1n) is 9.36. The zero-order valence-corrected chi connectivity index (χ0v) is 15.8. The second-order valence-electron chi connectivity index (χ2n) is 6.81. The molecule has 0 atom stereocenters. The molecule has 2 aliphatic heterocycles. The molecule has 2 aromatic rings. The molecule has 136 valence electrons. The van der Waals surface area contributed by atoms with Crippen LogP contribution < -0.4 is 9.80 Å². The molecule has 0 spiro atoms. The maximum Gasteiger partial charge on any atom is 0.241 e. The van der Waals surface area contributed by atoms with Gasteiger partial charge in [-0.3, -0.25) is 9.69 Å². The van der Waals surface area contributed by atoms with Crippen LogP contribution in [0.25, 0.3) is 0 Å². The summed E-state index contributed by atoms with van der Waals surface area (Å²) in [5, 5.41) is 0. The van der Waals surface area contributed by atoms with Crippen molar-refractivity contribution < 1.29 is 4.79 Å². The van der Waals surface area contributed by atoms with Crippen LogP contribution in [-0.2, 0) is 4.79 Å². The molecule has 1 saturated heterocycles. The molecule has 0 aliphatic carbocycles. The largest absolute Gasteiger partial charge is 0.369 e. The number of anilines is 2. The highest BCUT2D eigenvalue weighted by molar-refractivity contribution is 7.99. The first-order chi connectivity index (χ1) is 12.8. The highest BCUT2D eigenvalue weighted by Crippen LogP contribution is 2.33. The molecule has 1 fully saturated rings. The summed E-state index contributed by atoms with van der Waals surface area (Å²) in [5.74, 6) is 1.31. The molecular formula is C21H25N3OS. The van der Waals surface area contributed by atoms with Gasteiger partial charge in [-0.1, -0.05) is 30.3 Å². The number of carbonyl (C=O) groups is 1. The van der Waals surface area contributed by atoms with Crippen LogP contribution >= 0.6 is 11.8 Å². The van der Waals surface area contributed by atoms with Crippen LogP contribution in [-0.4, -0.2) is 55.8 Å². The molecule has 0 aromatic heterocycles. The van der Waals surface area contributed by atoms with Gasteiger partial charge in [0.1, 0.15) is 0 Å². The Morgan fingerprint density at radius 1 is 0.885 bits per heavy atom. The van der Waals surface area contributed by atoms with Crippen LogP contribution in [0, 0.1) is 0 Å². The van der Waals surface area contributed by atoms with E-state index in [1.807, 2.05) is 22.7 Å². The molecule has 0 N–H and O–H groups in total. The number of thioether (sulfide) groups is 1. The smallest absolute Gasteiger partial charge is 0.241 e. The number of rotatable bonds is 3. The highest BCUT2D eigenvalue weighted by Gasteiger charge is 2.25. The van der Waals surface area contributed by atoms with Gasteiger partial charge in [0.05, 0.1) is 12.2 Å². The quantitative estimate of drug-likeness (QED) is 0.831. The van der Waals surface area contributed by atoms with Crippen molar-refractivity contribution in [2.75, 3.05) is 54.8 Å². The van der Waals surface area contributed by atoms with Crippen molar-refractivity contribution in [1.29, 1.82) is 0 Å². The number of benzene rings is 2. The van der Waals surface area contributed by atoms with Gasteiger partial charge >= 0.3 is 0 Å². The van der Waals surface area contributed by atoms with Gasteiger partial charge in [0, 0.05) is 43.3 Å². The van der Waals surface area contributed by atoms with Crippen LogP contribution in [0.4, 0.5) is 11.4 Å².